The molecule has 2 aromatic rings. The third-order valence-corrected chi connectivity index (χ3v) is 5.04. The van der Waals surface area contributed by atoms with Crippen LogP contribution >= 0.6 is 0 Å². The van der Waals surface area contributed by atoms with Crippen molar-refractivity contribution in [2.75, 3.05) is 7.11 Å². The summed E-state index contributed by atoms with van der Waals surface area (Å²) in [5.41, 5.74) is 4.83. The Bertz CT molecular complexity index is 863. The minimum absolute atomic E-state index is 0.0448. The van der Waals surface area contributed by atoms with E-state index >= 15 is 0 Å². The lowest BCUT2D eigenvalue weighted by Gasteiger charge is -2.27. The molecule has 3 rings (SSSR count). The van der Waals surface area contributed by atoms with Crippen LogP contribution in [0.1, 0.15) is 61.2 Å². The van der Waals surface area contributed by atoms with E-state index in [1.165, 1.54) is 19.2 Å². The molecule has 0 radical (unpaired) electrons. The quantitative estimate of drug-likeness (QED) is 0.556. The van der Waals surface area contributed by atoms with Gasteiger partial charge in [-0.15, -0.1) is 0 Å². The summed E-state index contributed by atoms with van der Waals surface area (Å²) in [6, 6.07) is 5.72. The number of benzene rings is 1. The molecule has 0 aliphatic heterocycles. The molecule has 1 unspecified atom stereocenters. The van der Waals surface area contributed by atoms with E-state index in [-0.39, 0.29) is 24.1 Å². The van der Waals surface area contributed by atoms with E-state index in [9.17, 15) is 14.1 Å². The molecule has 0 saturated heterocycles. The van der Waals surface area contributed by atoms with Crippen LogP contribution in [0.5, 0.6) is 0 Å². The Kier molecular flexibility index (Phi) is 5.63. The second-order valence-corrected chi connectivity index (χ2v) is 7.14. The first-order valence-electron chi connectivity index (χ1n) is 9.17. The number of ether oxygens (including phenoxy) is 1. The molecule has 1 heterocycles. The van der Waals surface area contributed by atoms with Gasteiger partial charge in [0.15, 0.2) is 0 Å². The van der Waals surface area contributed by atoms with Crippen LogP contribution < -0.4 is 0 Å². The molecule has 1 aliphatic rings. The van der Waals surface area contributed by atoms with Crippen molar-refractivity contribution in [1.82, 2.24) is 4.98 Å². The van der Waals surface area contributed by atoms with Gasteiger partial charge in [-0.05, 0) is 59.6 Å². The van der Waals surface area contributed by atoms with Crippen LogP contribution in [0.15, 0.2) is 29.4 Å². The number of aromatic nitrogens is 1. The molecule has 1 aromatic heterocycles. The topological polar surface area (TPSA) is 68.6 Å². The summed E-state index contributed by atoms with van der Waals surface area (Å²) in [7, 11) is 1.35. The van der Waals surface area contributed by atoms with Gasteiger partial charge in [0.05, 0.1) is 19.2 Å². The van der Waals surface area contributed by atoms with E-state index in [4.69, 9.17) is 9.72 Å². The Morgan fingerprint density at radius 1 is 1.33 bits per heavy atom. The summed E-state index contributed by atoms with van der Waals surface area (Å²) < 4.78 is 18.4. The SMILES string of the molecule is COC(=O)Cc1c(C(C)C)nc2c(c1-c1ccc(F)cc1)CCCC2N=O. The monoisotopic (exact) mass is 370 g/mol. The smallest absolute Gasteiger partial charge is 0.310 e. The Morgan fingerprint density at radius 2 is 2.04 bits per heavy atom. The van der Waals surface area contributed by atoms with Crippen molar-refractivity contribution in [3.8, 4) is 11.1 Å². The van der Waals surface area contributed by atoms with Gasteiger partial charge in [-0.3, -0.25) is 9.78 Å². The number of carbonyl (C=O) groups is 1. The van der Waals surface area contributed by atoms with Crippen molar-refractivity contribution < 1.29 is 13.9 Å². The van der Waals surface area contributed by atoms with E-state index in [1.54, 1.807) is 12.1 Å². The summed E-state index contributed by atoms with van der Waals surface area (Å²) in [4.78, 5) is 28.3. The summed E-state index contributed by atoms with van der Waals surface area (Å²) in [5.74, 6) is -0.640. The summed E-state index contributed by atoms with van der Waals surface area (Å²) in [5, 5.41) is 3.28. The maximum Gasteiger partial charge on any atom is 0.310 e. The van der Waals surface area contributed by atoms with Crippen LogP contribution in [0.2, 0.25) is 0 Å². The Labute approximate surface area is 157 Å². The van der Waals surface area contributed by atoms with Gasteiger partial charge < -0.3 is 4.74 Å². The van der Waals surface area contributed by atoms with Crippen molar-refractivity contribution in [3.63, 3.8) is 0 Å². The lowest BCUT2D eigenvalue weighted by Crippen LogP contribution is -2.19. The van der Waals surface area contributed by atoms with E-state index in [0.717, 1.165) is 40.8 Å². The average Bonchev–Trinajstić information content (AvgIpc) is 2.67. The number of nitroso groups, excluding NO2 is 1. The van der Waals surface area contributed by atoms with Crippen molar-refractivity contribution in [3.05, 3.63) is 57.5 Å². The van der Waals surface area contributed by atoms with Crippen LogP contribution in [0.25, 0.3) is 11.1 Å². The van der Waals surface area contributed by atoms with Crippen molar-refractivity contribution in [1.29, 1.82) is 0 Å². The highest BCUT2D eigenvalue weighted by Gasteiger charge is 2.30. The minimum atomic E-state index is -0.488. The van der Waals surface area contributed by atoms with E-state index in [2.05, 4.69) is 5.18 Å². The Morgan fingerprint density at radius 3 is 2.63 bits per heavy atom. The zero-order valence-electron chi connectivity index (χ0n) is 15.8. The van der Waals surface area contributed by atoms with Gasteiger partial charge in [-0.2, -0.15) is 4.91 Å². The standard InChI is InChI=1S/C21H23FN2O3/c1-12(2)20-16(11-18(25)27-3)19(13-7-9-14(22)10-8-13)15-5-4-6-17(24-26)21(15)23-20/h7-10,12,17H,4-6,11H2,1-3H3. The number of nitrogens with zero attached hydrogens (tertiary/aromatic N) is 2. The first-order chi connectivity index (χ1) is 13.0. The van der Waals surface area contributed by atoms with Crippen molar-refractivity contribution in [2.24, 2.45) is 5.18 Å². The predicted molar refractivity (Wildman–Crippen MR) is 101 cm³/mol. The second kappa shape index (κ2) is 7.94. The number of rotatable bonds is 5. The largest absolute Gasteiger partial charge is 0.469 e. The van der Waals surface area contributed by atoms with Crippen LogP contribution in [-0.4, -0.2) is 18.1 Å². The zero-order chi connectivity index (χ0) is 19.6. The van der Waals surface area contributed by atoms with Gasteiger partial charge in [-0.25, -0.2) is 4.39 Å². The normalized spacial score (nSPS) is 16.1. The number of hydrogen-bond acceptors (Lipinski definition) is 5. The molecule has 1 aromatic carbocycles. The zero-order valence-corrected chi connectivity index (χ0v) is 15.8. The number of fused-ring (bicyclic) bond motifs is 1. The highest BCUT2D eigenvalue weighted by molar-refractivity contribution is 5.81. The molecule has 0 amide bonds. The summed E-state index contributed by atoms with van der Waals surface area (Å²) >= 11 is 0. The average molecular weight is 370 g/mol. The van der Waals surface area contributed by atoms with Crippen molar-refractivity contribution in [2.45, 2.75) is 51.5 Å². The van der Waals surface area contributed by atoms with Crippen molar-refractivity contribution >= 4 is 5.97 Å². The molecule has 0 fully saturated rings. The minimum Gasteiger partial charge on any atom is -0.469 e. The fourth-order valence-electron chi connectivity index (χ4n) is 3.78. The fourth-order valence-corrected chi connectivity index (χ4v) is 3.78. The van der Waals surface area contributed by atoms with Crippen LogP contribution in [0.4, 0.5) is 4.39 Å². The predicted octanol–water partition coefficient (Wildman–Crippen LogP) is 4.87. The molecule has 142 valence electrons. The molecule has 0 bridgehead atoms. The van der Waals surface area contributed by atoms with Gasteiger partial charge >= 0.3 is 5.97 Å². The molecule has 0 N–H and O–H groups in total. The number of hydrogen-bond donors (Lipinski definition) is 0. The van der Waals surface area contributed by atoms with Gasteiger partial charge in [0.25, 0.3) is 0 Å². The van der Waals surface area contributed by atoms with E-state index in [0.29, 0.717) is 12.1 Å². The lowest BCUT2D eigenvalue weighted by atomic mass is 9.81. The van der Waals surface area contributed by atoms with Gasteiger partial charge in [0.1, 0.15) is 11.9 Å². The highest BCUT2D eigenvalue weighted by Crippen LogP contribution is 2.41. The molecule has 1 aliphatic carbocycles. The maximum absolute atomic E-state index is 13.5. The molecule has 0 spiro atoms. The fraction of sp³-hybridized carbons (Fsp3) is 0.429. The molecule has 0 saturated carbocycles. The summed E-state index contributed by atoms with van der Waals surface area (Å²) in [6.07, 6.45) is 2.31. The number of methoxy groups -OCH3 is 1. The first kappa shape index (κ1) is 19.1. The molecule has 27 heavy (non-hydrogen) atoms. The molecule has 5 nitrogen and oxygen atoms in total. The van der Waals surface area contributed by atoms with Gasteiger partial charge in [-0.1, -0.05) is 31.2 Å². The second-order valence-electron chi connectivity index (χ2n) is 7.14. The molecular formula is C21H23FN2O3. The van der Waals surface area contributed by atoms with E-state index in [1.807, 2.05) is 13.8 Å². The van der Waals surface area contributed by atoms with E-state index < -0.39 is 6.04 Å². The number of esters is 1. The van der Waals surface area contributed by atoms with Gasteiger partial charge in [0, 0.05) is 5.69 Å². The lowest BCUT2D eigenvalue weighted by molar-refractivity contribution is -0.139. The first-order valence-corrected chi connectivity index (χ1v) is 9.17. The number of carbonyl (C=O) groups excluding carboxylic acids is 1. The maximum atomic E-state index is 13.5. The molecule has 6 heteroatoms. The molecular weight excluding hydrogens is 347 g/mol. The van der Waals surface area contributed by atoms with Crippen LogP contribution in [0, 0.1) is 10.7 Å². The third-order valence-electron chi connectivity index (χ3n) is 5.04. The van der Waals surface area contributed by atoms with Crippen LogP contribution in [0.3, 0.4) is 0 Å². The number of halogens is 1. The Balaban J connectivity index is 2.34. The van der Waals surface area contributed by atoms with Crippen LogP contribution in [-0.2, 0) is 22.4 Å². The van der Waals surface area contributed by atoms with Gasteiger partial charge in [0.2, 0.25) is 0 Å². The Hall–Kier alpha value is -2.63. The third kappa shape index (κ3) is 3.75. The summed E-state index contributed by atoms with van der Waals surface area (Å²) in [6.45, 7) is 3.99. The molecule has 1 atom stereocenters. The highest BCUT2D eigenvalue weighted by atomic mass is 19.1. The number of pyridine rings is 1.